The predicted molar refractivity (Wildman–Crippen MR) is 99.7 cm³/mol. The van der Waals surface area contributed by atoms with Crippen LogP contribution in [0.3, 0.4) is 0 Å². The average molecular weight is 338 g/mol. The monoisotopic (exact) mass is 338 g/mol. The average Bonchev–Trinajstić information content (AvgIpc) is 2.59. The number of hydrogen-bond donors (Lipinski definition) is 3. The number of aryl methyl sites for hydroxylation is 1. The van der Waals surface area contributed by atoms with Gasteiger partial charge in [-0.3, -0.25) is 0 Å². The predicted octanol–water partition coefficient (Wildman–Crippen LogP) is 4.70. The standard InChI is InChI=1S/C18H18N4OS/c1-12-6-7-14(23)11-16(12)21-17-8-9-19-18(22-17)20-13-4-3-5-15(10-13)24-2/h3-11,23H,1-2H3,(H2,19,20,21,22). The highest BCUT2D eigenvalue weighted by Crippen LogP contribution is 2.25. The van der Waals surface area contributed by atoms with E-state index in [0.717, 1.165) is 16.9 Å². The van der Waals surface area contributed by atoms with Crippen LogP contribution in [-0.2, 0) is 0 Å². The zero-order valence-electron chi connectivity index (χ0n) is 13.4. The molecule has 6 heteroatoms. The molecule has 0 bridgehead atoms. The Hall–Kier alpha value is -2.73. The molecular weight excluding hydrogens is 320 g/mol. The summed E-state index contributed by atoms with van der Waals surface area (Å²) in [5.41, 5.74) is 2.77. The minimum absolute atomic E-state index is 0.212. The summed E-state index contributed by atoms with van der Waals surface area (Å²) in [4.78, 5) is 9.89. The quantitative estimate of drug-likeness (QED) is 0.586. The van der Waals surface area contributed by atoms with E-state index in [1.807, 2.05) is 37.4 Å². The summed E-state index contributed by atoms with van der Waals surface area (Å²) < 4.78 is 0. The molecule has 1 aromatic heterocycles. The number of phenolic OH excluding ortho intramolecular Hbond substituents is 1. The zero-order valence-corrected chi connectivity index (χ0v) is 14.3. The van der Waals surface area contributed by atoms with Crippen LogP contribution < -0.4 is 10.6 Å². The van der Waals surface area contributed by atoms with Crippen molar-refractivity contribution in [3.8, 4) is 5.75 Å². The summed E-state index contributed by atoms with van der Waals surface area (Å²) in [5.74, 6) is 1.38. The van der Waals surface area contributed by atoms with Gasteiger partial charge in [0.15, 0.2) is 0 Å². The van der Waals surface area contributed by atoms with Crippen molar-refractivity contribution < 1.29 is 5.11 Å². The second kappa shape index (κ2) is 7.23. The molecule has 0 saturated carbocycles. The number of nitrogens with one attached hydrogen (secondary N) is 2. The molecule has 0 fully saturated rings. The van der Waals surface area contributed by atoms with E-state index < -0.39 is 0 Å². The van der Waals surface area contributed by atoms with Gasteiger partial charge in [-0.2, -0.15) is 4.98 Å². The molecule has 0 atom stereocenters. The molecule has 24 heavy (non-hydrogen) atoms. The Labute approximate surface area is 145 Å². The summed E-state index contributed by atoms with van der Waals surface area (Å²) in [5, 5.41) is 16.0. The van der Waals surface area contributed by atoms with Crippen molar-refractivity contribution >= 4 is 34.9 Å². The molecule has 0 saturated heterocycles. The molecule has 0 aliphatic heterocycles. The number of thioether (sulfide) groups is 1. The lowest BCUT2D eigenvalue weighted by Gasteiger charge is -2.11. The van der Waals surface area contributed by atoms with Crippen LogP contribution in [0.4, 0.5) is 23.1 Å². The number of aromatic nitrogens is 2. The first-order chi connectivity index (χ1) is 11.6. The highest BCUT2D eigenvalue weighted by molar-refractivity contribution is 7.98. The molecule has 122 valence electrons. The Kier molecular flexibility index (Phi) is 4.86. The number of hydrogen-bond acceptors (Lipinski definition) is 6. The third kappa shape index (κ3) is 3.97. The molecule has 2 aromatic carbocycles. The number of rotatable bonds is 5. The SMILES string of the molecule is CSc1cccc(Nc2nccc(Nc3cc(O)ccc3C)n2)c1. The van der Waals surface area contributed by atoms with Crippen LogP contribution in [0.25, 0.3) is 0 Å². The van der Waals surface area contributed by atoms with Crippen molar-refractivity contribution in [1.82, 2.24) is 9.97 Å². The maximum atomic E-state index is 9.63. The normalized spacial score (nSPS) is 10.4. The van der Waals surface area contributed by atoms with Crippen molar-refractivity contribution in [2.24, 2.45) is 0 Å². The molecule has 0 unspecified atom stereocenters. The van der Waals surface area contributed by atoms with Gasteiger partial charge in [0.25, 0.3) is 0 Å². The van der Waals surface area contributed by atoms with Gasteiger partial charge in [-0.15, -0.1) is 11.8 Å². The van der Waals surface area contributed by atoms with Gasteiger partial charge in [0.1, 0.15) is 11.6 Å². The van der Waals surface area contributed by atoms with Gasteiger partial charge in [0.05, 0.1) is 0 Å². The van der Waals surface area contributed by atoms with Crippen LogP contribution >= 0.6 is 11.8 Å². The van der Waals surface area contributed by atoms with E-state index >= 15 is 0 Å². The highest BCUT2D eigenvalue weighted by Gasteiger charge is 2.04. The zero-order chi connectivity index (χ0) is 16.9. The molecule has 5 nitrogen and oxygen atoms in total. The van der Waals surface area contributed by atoms with Gasteiger partial charge in [0.2, 0.25) is 5.95 Å². The van der Waals surface area contributed by atoms with E-state index in [1.165, 1.54) is 4.90 Å². The molecule has 1 heterocycles. The van der Waals surface area contributed by atoms with Crippen LogP contribution in [0.5, 0.6) is 5.75 Å². The lowest BCUT2D eigenvalue weighted by atomic mass is 10.2. The van der Waals surface area contributed by atoms with E-state index in [9.17, 15) is 5.11 Å². The van der Waals surface area contributed by atoms with Crippen molar-refractivity contribution in [3.05, 3.63) is 60.3 Å². The minimum Gasteiger partial charge on any atom is -0.508 e. The Morgan fingerprint density at radius 3 is 2.75 bits per heavy atom. The van der Waals surface area contributed by atoms with Gasteiger partial charge in [-0.1, -0.05) is 12.1 Å². The van der Waals surface area contributed by atoms with E-state index in [2.05, 4.69) is 26.7 Å². The molecule has 0 aliphatic rings. The largest absolute Gasteiger partial charge is 0.508 e. The highest BCUT2D eigenvalue weighted by atomic mass is 32.2. The Morgan fingerprint density at radius 2 is 1.92 bits per heavy atom. The van der Waals surface area contributed by atoms with Crippen molar-refractivity contribution in [2.75, 3.05) is 16.9 Å². The van der Waals surface area contributed by atoms with Crippen LogP contribution in [-0.4, -0.2) is 21.3 Å². The number of nitrogens with zero attached hydrogens (tertiary/aromatic N) is 2. The molecule has 3 N–H and O–H groups in total. The Morgan fingerprint density at radius 1 is 1.04 bits per heavy atom. The summed E-state index contributed by atoms with van der Waals surface area (Å²) in [6.07, 6.45) is 3.73. The van der Waals surface area contributed by atoms with Gasteiger partial charge in [0, 0.05) is 28.5 Å². The maximum absolute atomic E-state index is 9.63. The Balaban J connectivity index is 1.80. The molecular formula is C18H18N4OS. The van der Waals surface area contributed by atoms with E-state index in [1.54, 1.807) is 36.2 Å². The molecule has 0 amide bonds. The number of benzene rings is 2. The lowest BCUT2D eigenvalue weighted by Crippen LogP contribution is -2.01. The van der Waals surface area contributed by atoms with Crippen molar-refractivity contribution in [2.45, 2.75) is 11.8 Å². The Bertz CT molecular complexity index is 854. The first kappa shape index (κ1) is 16.1. The number of aromatic hydroxyl groups is 1. The lowest BCUT2D eigenvalue weighted by molar-refractivity contribution is 0.475. The number of anilines is 4. The van der Waals surface area contributed by atoms with Crippen LogP contribution in [0.2, 0.25) is 0 Å². The van der Waals surface area contributed by atoms with E-state index in [4.69, 9.17) is 0 Å². The molecule has 0 radical (unpaired) electrons. The second-order valence-corrected chi connectivity index (χ2v) is 6.13. The molecule has 3 aromatic rings. The smallest absolute Gasteiger partial charge is 0.229 e. The van der Waals surface area contributed by atoms with Crippen LogP contribution in [0.15, 0.2) is 59.6 Å². The van der Waals surface area contributed by atoms with Gasteiger partial charge in [-0.05, 0) is 49.1 Å². The third-order valence-electron chi connectivity index (χ3n) is 3.47. The molecule has 3 rings (SSSR count). The number of phenols is 1. The van der Waals surface area contributed by atoms with Gasteiger partial charge in [-0.25, -0.2) is 4.98 Å². The van der Waals surface area contributed by atoms with Crippen molar-refractivity contribution in [3.63, 3.8) is 0 Å². The van der Waals surface area contributed by atoms with Crippen LogP contribution in [0.1, 0.15) is 5.56 Å². The maximum Gasteiger partial charge on any atom is 0.229 e. The van der Waals surface area contributed by atoms with E-state index in [0.29, 0.717) is 11.8 Å². The topological polar surface area (TPSA) is 70.1 Å². The van der Waals surface area contributed by atoms with Gasteiger partial charge < -0.3 is 15.7 Å². The molecule has 0 aliphatic carbocycles. The van der Waals surface area contributed by atoms with Gasteiger partial charge >= 0.3 is 0 Å². The molecule has 0 spiro atoms. The fraction of sp³-hybridized carbons (Fsp3) is 0.111. The minimum atomic E-state index is 0.212. The first-order valence-corrected chi connectivity index (χ1v) is 8.67. The first-order valence-electron chi connectivity index (χ1n) is 7.45. The summed E-state index contributed by atoms with van der Waals surface area (Å²) >= 11 is 1.68. The summed E-state index contributed by atoms with van der Waals surface area (Å²) in [7, 11) is 0. The second-order valence-electron chi connectivity index (χ2n) is 5.25. The summed E-state index contributed by atoms with van der Waals surface area (Å²) in [6, 6.07) is 15.0. The fourth-order valence-electron chi connectivity index (χ4n) is 2.20. The fourth-order valence-corrected chi connectivity index (χ4v) is 2.66. The van der Waals surface area contributed by atoms with Crippen LogP contribution in [0, 0.1) is 6.92 Å². The summed E-state index contributed by atoms with van der Waals surface area (Å²) in [6.45, 7) is 1.97. The van der Waals surface area contributed by atoms with E-state index in [-0.39, 0.29) is 5.75 Å². The van der Waals surface area contributed by atoms with Crippen molar-refractivity contribution in [1.29, 1.82) is 0 Å². The third-order valence-corrected chi connectivity index (χ3v) is 4.19.